The lowest BCUT2D eigenvalue weighted by Crippen LogP contribution is -2.50. The van der Waals surface area contributed by atoms with E-state index in [0.717, 1.165) is 5.56 Å². The molecule has 0 saturated carbocycles. The van der Waals surface area contributed by atoms with E-state index in [9.17, 15) is 24.9 Å². The maximum absolute atomic E-state index is 11.7. The molecule has 2 aromatic carbocycles. The topological polar surface area (TPSA) is 180 Å². The molecular weight excluding hydrogens is 556 g/mol. The van der Waals surface area contributed by atoms with E-state index in [1.165, 1.54) is 33.5 Å². The molecule has 1 aliphatic rings. The standard InChI is InChI=1S/C22H26O8.C7H14O5/c1-22(2,3)30-20(23)13-28-15-8-6-14(7-9-15)12-29-19-11-17(26-4)16(21(24)25)10-18(19)27-5;1-11-6-2-4(9)7(10)5(3-8)12-6/h6-11H,12-13H2,1-5H3,(H,24,25);4-10H,2-3H2,1H3/t;4-,5-,6+,7+/m.1/s1. The van der Waals surface area contributed by atoms with Crippen LogP contribution in [0.1, 0.15) is 43.1 Å². The number of aliphatic hydroxyl groups excluding tert-OH is 3. The molecule has 1 fully saturated rings. The molecule has 0 bridgehead atoms. The molecule has 4 N–H and O–H groups in total. The number of benzene rings is 2. The van der Waals surface area contributed by atoms with Gasteiger partial charge in [-0.3, -0.25) is 0 Å². The second-order valence-corrected chi connectivity index (χ2v) is 10.1. The van der Waals surface area contributed by atoms with Gasteiger partial charge in [-0.15, -0.1) is 0 Å². The van der Waals surface area contributed by atoms with Crippen LogP contribution in [0.5, 0.6) is 23.0 Å². The van der Waals surface area contributed by atoms with Gasteiger partial charge in [-0.2, -0.15) is 0 Å². The van der Waals surface area contributed by atoms with Crippen LogP contribution in [-0.4, -0.2) is 97.1 Å². The number of carboxylic acid groups (broad SMARTS) is 1. The van der Waals surface area contributed by atoms with Crippen molar-refractivity contribution in [2.75, 3.05) is 34.5 Å². The largest absolute Gasteiger partial charge is 0.496 e. The molecule has 0 amide bonds. The highest BCUT2D eigenvalue weighted by Gasteiger charge is 2.36. The number of carbonyl (C=O) groups is 2. The van der Waals surface area contributed by atoms with E-state index >= 15 is 0 Å². The van der Waals surface area contributed by atoms with E-state index in [-0.39, 0.29) is 43.3 Å². The summed E-state index contributed by atoms with van der Waals surface area (Å²) in [5.41, 5.74) is 0.254. The van der Waals surface area contributed by atoms with Crippen molar-refractivity contribution in [1.29, 1.82) is 0 Å². The number of hydrogen-bond acceptors (Lipinski definition) is 12. The van der Waals surface area contributed by atoms with E-state index in [1.54, 1.807) is 45.0 Å². The SMILES string of the molecule is CO[C@@H]1C[C@@H](O)[C@H](O)[C@@H](CO)O1.COc1cc(C(=O)O)c(OC)cc1OCc1ccc(OCC(=O)OC(C)(C)C)cc1. The number of rotatable bonds is 11. The van der Waals surface area contributed by atoms with Crippen molar-refractivity contribution in [2.45, 2.75) is 64.0 Å². The molecule has 0 spiro atoms. The molecule has 42 heavy (non-hydrogen) atoms. The van der Waals surface area contributed by atoms with Crippen LogP contribution < -0.4 is 18.9 Å². The molecule has 0 aromatic heterocycles. The molecule has 1 heterocycles. The highest BCUT2D eigenvalue weighted by Crippen LogP contribution is 2.35. The van der Waals surface area contributed by atoms with Crippen molar-refractivity contribution in [3.63, 3.8) is 0 Å². The van der Waals surface area contributed by atoms with Gasteiger partial charge in [0.05, 0.1) is 26.9 Å². The molecule has 13 nitrogen and oxygen atoms in total. The first kappa shape index (κ1) is 34.6. The molecule has 3 rings (SSSR count). The second-order valence-electron chi connectivity index (χ2n) is 10.1. The van der Waals surface area contributed by atoms with E-state index < -0.39 is 42.1 Å². The highest BCUT2D eigenvalue weighted by molar-refractivity contribution is 5.92. The first-order valence-corrected chi connectivity index (χ1v) is 13.0. The second kappa shape index (κ2) is 16.1. The molecule has 1 saturated heterocycles. The molecular formula is C29H40O13. The maximum Gasteiger partial charge on any atom is 0.344 e. The average Bonchev–Trinajstić information content (AvgIpc) is 2.95. The van der Waals surface area contributed by atoms with Gasteiger partial charge in [-0.1, -0.05) is 12.1 Å². The molecule has 0 radical (unpaired) electrons. The zero-order valence-electron chi connectivity index (χ0n) is 24.6. The number of carboxylic acids is 1. The van der Waals surface area contributed by atoms with Crippen LogP contribution in [0, 0.1) is 0 Å². The normalized spacial score (nSPS) is 20.0. The third kappa shape index (κ3) is 10.7. The van der Waals surface area contributed by atoms with Gasteiger partial charge in [-0.25, -0.2) is 9.59 Å². The third-order valence-electron chi connectivity index (χ3n) is 5.79. The zero-order valence-corrected chi connectivity index (χ0v) is 24.6. The molecule has 0 aliphatic carbocycles. The summed E-state index contributed by atoms with van der Waals surface area (Å²) in [6.07, 6.45) is -2.98. The Morgan fingerprint density at radius 1 is 0.952 bits per heavy atom. The lowest BCUT2D eigenvalue weighted by atomic mass is 10.0. The Hall–Kier alpha value is -3.62. The first-order chi connectivity index (χ1) is 19.8. The van der Waals surface area contributed by atoms with E-state index in [4.69, 9.17) is 38.3 Å². The maximum atomic E-state index is 11.7. The third-order valence-corrected chi connectivity index (χ3v) is 5.79. The summed E-state index contributed by atoms with van der Waals surface area (Å²) in [7, 11) is 4.26. The lowest BCUT2D eigenvalue weighted by Gasteiger charge is -2.35. The predicted molar refractivity (Wildman–Crippen MR) is 148 cm³/mol. The fraction of sp³-hybridized carbons (Fsp3) is 0.517. The number of methoxy groups -OCH3 is 3. The fourth-order valence-corrected chi connectivity index (χ4v) is 3.72. The minimum atomic E-state index is -1.13. The average molecular weight is 597 g/mol. The Labute approximate surface area is 244 Å². The Morgan fingerprint density at radius 2 is 1.60 bits per heavy atom. The number of carbonyl (C=O) groups excluding carboxylic acids is 1. The Kier molecular flexibility index (Phi) is 13.3. The molecule has 1 aliphatic heterocycles. The minimum absolute atomic E-state index is 0.0202. The van der Waals surface area contributed by atoms with E-state index in [1.807, 2.05) is 0 Å². The van der Waals surface area contributed by atoms with Gasteiger partial charge >= 0.3 is 11.9 Å². The van der Waals surface area contributed by atoms with Crippen molar-refractivity contribution in [3.05, 3.63) is 47.5 Å². The summed E-state index contributed by atoms with van der Waals surface area (Å²) in [6, 6.07) is 9.84. The van der Waals surface area contributed by atoms with Gasteiger partial charge in [-0.05, 0) is 38.5 Å². The molecule has 13 heteroatoms. The highest BCUT2D eigenvalue weighted by atomic mass is 16.7. The summed E-state index contributed by atoms with van der Waals surface area (Å²) < 4.78 is 36.7. The fourth-order valence-electron chi connectivity index (χ4n) is 3.72. The first-order valence-electron chi connectivity index (χ1n) is 13.0. The Balaban J connectivity index is 0.000000428. The van der Waals surface area contributed by atoms with Gasteiger partial charge < -0.3 is 53.6 Å². The number of hydrogen-bond donors (Lipinski definition) is 4. The summed E-state index contributed by atoms with van der Waals surface area (Å²) in [5.74, 6) is -0.242. The van der Waals surface area contributed by atoms with Crippen molar-refractivity contribution < 1.29 is 63.2 Å². The Bertz CT molecular complexity index is 1140. The van der Waals surface area contributed by atoms with E-state index in [0.29, 0.717) is 11.5 Å². The summed E-state index contributed by atoms with van der Waals surface area (Å²) in [6.45, 7) is 5.08. The van der Waals surface area contributed by atoms with Crippen LogP contribution in [-0.2, 0) is 25.6 Å². The minimum Gasteiger partial charge on any atom is -0.496 e. The number of esters is 1. The number of ether oxygens (including phenoxy) is 7. The summed E-state index contributed by atoms with van der Waals surface area (Å²) in [4.78, 5) is 23.0. The smallest absolute Gasteiger partial charge is 0.344 e. The van der Waals surface area contributed by atoms with Crippen LogP contribution in [0.2, 0.25) is 0 Å². The van der Waals surface area contributed by atoms with Gasteiger partial charge in [0.15, 0.2) is 24.4 Å². The van der Waals surface area contributed by atoms with Crippen LogP contribution in [0.3, 0.4) is 0 Å². The van der Waals surface area contributed by atoms with Crippen molar-refractivity contribution in [2.24, 2.45) is 0 Å². The molecule has 234 valence electrons. The van der Waals surface area contributed by atoms with Gasteiger partial charge in [0.2, 0.25) is 0 Å². The monoisotopic (exact) mass is 596 g/mol. The van der Waals surface area contributed by atoms with Crippen LogP contribution >= 0.6 is 0 Å². The zero-order chi connectivity index (χ0) is 31.4. The lowest BCUT2D eigenvalue weighted by molar-refractivity contribution is -0.248. The molecule has 4 atom stereocenters. The van der Waals surface area contributed by atoms with E-state index in [2.05, 4.69) is 0 Å². The van der Waals surface area contributed by atoms with Crippen molar-refractivity contribution >= 4 is 11.9 Å². The molecule has 2 aromatic rings. The predicted octanol–water partition coefficient (Wildman–Crippen LogP) is 2.16. The van der Waals surface area contributed by atoms with Crippen molar-refractivity contribution in [1.82, 2.24) is 0 Å². The number of aromatic carboxylic acids is 1. The summed E-state index contributed by atoms with van der Waals surface area (Å²) in [5, 5.41) is 36.5. The van der Waals surface area contributed by atoms with Gasteiger partial charge in [0.1, 0.15) is 41.5 Å². The number of aliphatic hydroxyl groups is 3. The quantitative estimate of drug-likeness (QED) is 0.278. The van der Waals surface area contributed by atoms with Crippen molar-refractivity contribution in [3.8, 4) is 23.0 Å². The Morgan fingerprint density at radius 3 is 2.12 bits per heavy atom. The van der Waals surface area contributed by atoms with Gasteiger partial charge in [0.25, 0.3) is 0 Å². The van der Waals surface area contributed by atoms with Crippen LogP contribution in [0.25, 0.3) is 0 Å². The van der Waals surface area contributed by atoms with Gasteiger partial charge in [0, 0.05) is 25.7 Å². The summed E-state index contributed by atoms with van der Waals surface area (Å²) >= 11 is 0. The van der Waals surface area contributed by atoms with Crippen LogP contribution in [0.4, 0.5) is 0 Å². The molecule has 0 unspecified atom stereocenters. The van der Waals surface area contributed by atoms with Crippen LogP contribution in [0.15, 0.2) is 36.4 Å².